The standard InChI is InChI=1S/C10H19N3O2Si/c1-7(14)8-5-9(12-13-11)10(6-8)15-16(2,3)4/h8-10H,5-6H2,1-4H3/t8?,9-,10-/m1/s1. The van der Waals surface area contributed by atoms with Crippen LogP contribution < -0.4 is 0 Å². The molecule has 0 aromatic carbocycles. The maximum Gasteiger partial charge on any atom is 0.184 e. The number of Topliss-reactive ketones (excluding diaryl/α,β-unsaturated/α-hetero) is 1. The molecule has 16 heavy (non-hydrogen) atoms. The monoisotopic (exact) mass is 241 g/mol. The summed E-state index contributed by atoms with van der Waals surface area (Å²) in [7, 11) is -1.65. The van der Waals surface area contributed by atoms with E-state index in [1.807, 2.05) is 0 Å². The molecule has 0 bridgehead atoms. The average Bonchev–Trinajstić information content (AvgIpc) is 2.47. The van der Waals surface area contributed by atoms with Crippen molar-refractivity contribution in [2.24, 2.45) is 11.0 Å². The lowest BCUT2D eigenvalue weighted by Gasteiger charge is -2.25. The number of hydrogen-bond donors (Lipinski definition) is 0. The Morgan fingerprint density at radius 2 is 2.06 bits per heavy atom. The molecule has 0 aromatic rings. The largest absolute Gasteiger partial charge is 0.414 e. The molecule has 1 unspecified atom stereocenters. The van der Waals surface area contributed by atoms with Gasteiger partial charge in [0.15, 0.2) is 8.32 Å². The summed E-state index contributed by atoms with van der Waals surface area (Å²) in [4.78, 5) is 14.2. The van der Waals surface area contributed by atoms with E-state index in [-0.39, 0.29) is 23.8 Å². The van der Waals surface area contributed by atoms with Gasteiger partial charge >= 0.3 is 0 Å². The first-order valence-electron chi connectivity index (χ1n) is 5.56. The molecule has 1 rings (SSSR count). The van der Waals surface area contributed by atoms with Gasteiger partial charge in [0, 0.05) is 10.8 Å². The molecular weight excluding hydrogens is 222 g/mol. The molecule has 0 aliphatic heterocycles. The van der Waals surface area contributed by atoms with Crippen molar-refractivity contribution in [3.05, 3.63) is 10.4 Å². The summed E-state index contributed by atoms with van der Waals surface area (Å²) < 4.78 is 5.97. The van der Waals surface area contributed by atoms with E-state index >= 15 is 0 Å². The van der Waals surface area contributed by atoms with Crippen molar-refractivity contribution in [1.29, 1.82) is 0 Å². The van der Waals surface area contributed by atoms with E-state index in [0.29, 0.717) is 12.8 Å². The fourth-order valence-electron chi connectivity index (χ4n) is 2.08. The van der Waals surface area contributed by atoms with Crippen LogP contribution in [0.5, 0.6) is 0 Å². The summed E-state index contributed by atoms with van der Waals surface area (Å²) >= 11 is 0. The second-order valence-corrected chi connectivity index (χ2v) is 9.78. The van der Waals surface area contributed by atoms with Crippen molar-refractivity contribution in [2.75, 3.05) is 0 Å². The zero-order valence-corrected chi connectivity index (χ0v) is 11.3. The molecule has 0 N–H and O–H groups in total. The van der Waals surface area contributed by atoms with Crippen LogP contribution in [0.4, 0.5) is 0 Å². The molecule has 6 heteroatoms. The van der Waals surface area contributed by atoms with E-state index in [0.717, 1.165) is 0 Å². The van der Waals surface area contributed by atoms with E-state index in [4.69, 9.17) is 9.96 Å². The average molecular weight is 241 g/mol. The summed E-state index contributed by atoms with van der Waals surface area (Å²) in [6.45, 7) is 7.89. The lowest BCUT2D eigenvalue weighted by molar-refractivity contribution is -0.120. The summed E-state index contributed by atoms with van der Waals surface area (Å²) in [6, 6.07) is -0.175. The number of carbonyl (C=O) groups excluding carboxylic acids is 1. The second-order valence-electron chi connectivity index (χ2n) is 5.32. The Balaban J connectivity index is 2.73. The van der Waals surface area contributed by atoms with Crippen LogP contribution in [0, 0.1) is 5.92 Å². The van der Waals surface area contributed by atoms with Crippen molar-refractivity contribution < 1.29 is 9.22 Å². The molecule has 1 fully saturated rings. The summed E-state index contributed by atoms with van der Waals surface area (Å²) in [6.07, 6.45) is 1.26. The van der Waals surface area contributed by atoms with Gasteiger partial charge in [-0.3, -0.25) is 4.79 Å². The van der Waals surface area contributed by atoms with E-state index in [1.54, 1.807) is 6.92 Å². The van der Waals surface area contributed by atoms with Gasteiger partial charge in [0.1, 0.15) is 5.78 Å². The topological polar surface area (TPSA) is 75.1 Å². The van der Waals surface area contributed by atoms with Crippen molar-refractivity contribution >= 4 is 14.1 Å². The molecule has 0 heterocycles. The van der Waals surface area contributed by atoms with Gasteiger partial charge in [-0.15, -0.1) is 0 Å². The van der Waals surface area contributed by atoms with Gasteiger partial charge in [0.05, 0.1) is 12.1 Å². The number of hydrogen-bond acceptors (Lipinski definition) is 3. The first-order valence-corrected chi connectivity index (χ1v) is 8.97. The highest BCUT2D eigenvalue weighted by Gasteiger charge is 2.38. The second kappa shape index (κ2) is 4.99. The van der Waals surface area contributed by atoms with E-state index in [1.165, 1.54) is 0 Å². The van der Waals surface area contributed by atoms with Crippen LogP contribution in [0.15, 0.2) is 5.11 Å². The Bertz CT molecular complexity index is 321. The third kappa shape index (κ3) is 3.63. The van der Waals surface area contributed by atoms with Crippen LogP contribution in [0.3, 0.4) is 0 Å². The maximum absolute atomic E-state index is 11.3. The fourth-order valence-corrected chi connectivity index (χ4v) is 3.24. The van der Waals surface area contributed by atoms with E-state index < -0.39 is 8.32 Å². The number of ketones is 1. The highest BCUT2D eigenvalue weighted by molar-refractivity contribution is 6.69. The van der Waals surface area contributed by atoms with Crippen molar-refractivity contribution in [2.45, 2.75) is 51.6 Å². The molecule has 5 nitrogen and oxygen atoms in total. The van der Waals surface area contributed by atoms with Crippen LogP contribution in [0.1, 0.15) is 19.8 Å². The number of rotatable bonds is 4. The highest BCUT2D eigenvalue weighted by atomic mass is 28.4. The minimum atomic E-state index is -1.65. The van der Waals surface area contributed by atoms with Gasteiger partial charge in [-0.1, -0.05) is 5.11 Å². The molecule has 0 amide bonds. The highest BCUT2D eigenvalue weighted by Crippen LogP contribution is 2.33. The van der Waals surface area contributed by atoms with Gasteiger partial charge in [0.25, 0.3) is 0 Å². The Labute approximate surface area is 96.9 Å². The number of azide groups is 1. The lowest BCUT2D eigenvalue weighted by Crippen LogP contribution is -2.35. The smallest absolute Gasteiger partial charge is 0.184 e. The Hall–Kier alpha value is -0.843. The molecule has 3 atom stereocenters. The first kappa shape index (κ1) is 13.2. The molecule has 0 spiro atoms. The SMILES string of the molecule is CC(=O)C1C[C@@H](N=[N+]=[N-])[C@H](O[Si](C)(C)C)C1. The van der Waals surface area contributed by atoms with Gasteiger partial charge in [-0.05, 0) is 44.9 Å². The third-order valence-electron chi connectivity index (χ3n) is 2.75. The van der Waals surface area contributed by atoms with Gasteiger partial charge in [-0.25, -0.2) is 0 Å². The molecule has 0 aromatic heterocycles. The third-order valence-corrected chi connectivity index (χ3v) is 3.76. The van der Waals surface area contributed by atoms with Crippen LogP contribution in [0.2, 0.25) is 19.6 Å². The fraction of sp³-hybridized carbons (Fsp3) is 0.900. The predicted octanol–water partition coefficient (Wildman–Crippen LogP) is 2.88. The summed E-state index contributed by atoms with van der Waals surface area (Å²) in [5.74, 6) is 0.164. The Morgan fingerprint density at radius 1 is 1.44 bits per heavy atom. The van der Waals surface area contributed by atoms with Crippen LogP contribution in [0.25, 0.3) is 10.4 Å². The predicted molar refractivity (Wildman–Crippen MR) is 64.6 cm³/mol. The van der Waals surface area contributed by atoms with Crippen molar-refractivity contribution in [1.82, 2.24) is 0 Å². The van der Waals surface area contributed by atoms with Gasteiger partial charge in [-0.2, -0.15) is 0 Å². The minimum absolute atomic E-state index is 0.00292. The van der Waals surface area contributed by atoms with E-state index in [9.17, 15) is 4.79 Å². The molecule has 1 aliphatic rings. The molecule has 0 saturated heterocycles. The lowest BCUT2D eigenvalue weighted by atomic mass is 10.0. The quantitative estimate of drug-likeness (QED) is 0.328. The molecule has 1 saturated carbocycles. The minimum Gasteiger partial charge on any atom is -0.414 e. The van der Waals surface area contributed by atoms with Crippen LogP contribution in [-0.2, 0) is 9.22 Å². The summed E-state index contributed by atoms with van der Waals surface area (Å²) in [5, 5.41) is 3.75. The normalized spacial score (nSPS) is 29.9. The zero-order valence-electron chi connectivity index (χ0n) is 10.3. The molecule has 0 radical (unpaired) electrons. The number of nitrogens with zero attached hydrogens (tertiary/aromatic N) is 3. The Kier molecular flexibility index (Phi) is 4.13. The Morgan fingerprint density at radius 3 is 2.50 bits per heavy atom. The zero-order chi connectivity index (χ0) is 12.3. The maximum atomic E-state index is 11.3. The van der Waals surface area contributed by atoms with E-state index in [2.05, 4.69) is 29.7 Å². The van der Waals surface area contributed by atoms with Crippen molar-refractivity contribution in [3.63, 3.8) is 0 Å². The molecular formula is C10H19N3O2Si. The first-order chi connectivity index (χ1) is 7.33. The van der Waals surface area contributed by atoms with Crippen LogP contribution >= 0.6 is 0 Å². The van der Waals surface area contributed by atoms with Gasteiger partial charge in [0.2, 0.25) is 0 Å². The van der Waals surface area contributed by atoms with Crippen molar-refractivity contribution in [3.8, 4) is 0 Å². The molecule has 1 aliphatic carbocycles. The van der Waals surface area contributed by atoms with Gasteiger partial charge < -0.3 is 4.43 Å². The number of carbonyl (C=O) groups is 1. The van der Waals surface area contributed by atoms with Crippen LogP contribution in [-0.4, -0.2) is 26.2 Å². The molecule has 90 valence electrons. The summed E-state index contributed by atoms with van der Waals surface area (Å²) in [5.41, 5.74) is 8.50.